The second-order valence-corrected chi connectivity index (χ2v) is 5.81. The molecule has 1 aromatic heterocycles. The molecule has 2 rings (SSSR count). The summed E-state index contributed by atoms with van der Waals surface area (Å²) in [6.45, 7) is 7.57. The molecular weight excluding hydrogens is 272 g/mol. The van der Waals surface area contributed by atoms with Gasteiger partial charge in [-0.1, -0.05) is 0 Å². The molecule has 0 saturated heterocycles. The van der Waals surface area contributed by atoms with Crippen LogP contribution in [0.3, 0.4) is 0 Å². The molecule has 1 atom stereocenters. The minimum absolute atomic E-state index is 0.0313. The Morgan fingerprint density at radius 3 is 2.62 bits per heavy atom. The molecule has 0 aliphatic carbocycles. The second kappa shape index (κ2) is 5.20. The molecule has 0 fully saturated rings. The Hall–Kier alpha value is -2.36. The average Bonchev–Trinajstić information content (AvgIpc) is 2.73. The van der Waals surface area contributed by atoms with E-state index >= 15 is 0 Å². The van der Waals surface area contributed by atoms with Crippen molar-refractivity contribution in [1.29, 1.82) is 5.26 Å². The summed E-state index contributed by atoms with van der Waals surface area (Å²) < 4.78 is 10.6. The molecule has 0 N–H and O–H groups in total. The second-order valence-electron chi connectivity index (χ2n) is 5.81. The largest absolute Gasteiger partial charge is 0.481 e. The molecule has 1 aliphatic rings. The third kappa shape index (κ3) is 2.89. The van der Waals surface area contributed by atoms with E-state index in [-0.39, 0.29) is 18.4 Å². The van der Waals surface area contributed by atoms with Gasteiger partial charge >= 0.3 is 6.09 Å². The molecule has 1 aromatic rings. The summed E-state index contributed by atoms with van der Waals surface area (Å²) in [5, 5.41) is 8.95. The molecule has 7 heteroatoms. The van der Waals surface area contributed by atoms with E-state index in [0.29, 0.717) is 11.6 Å². The third-order valence-electron chi connectivity index (χ3n) is 3.12. The first kappa shape index (κ1) is 15.0. The van der Waals surface area contributed by atoms with Gasteiger partial charge in [0, 0.05) is 0 Å². The van der Waals surface area contributed by atoms with E-state index in [1.54, 1.807) is 4.90 Å². The number of amides is 1. The zero-order chi connectivity index (χ0) is 15.8. The molecule has 1 aliphatic heterocycles. The van der Waals surface area contributed by atoms with E-state index in [1.807, 2.05) is 33.8 Å². The van der Waals surface area contributed by atoms with Crippen LogP contribution in [-0.4, -0.2) is 33.7 Å². The van der Waals surface area contributed by atoms with Crippen LogP contribution in [0.15, 0.2) is 0 Å². The predicted octanol–water partition coefficient (Wildman–Crippen LogP) is 2.17. The van der Waals surface area contributed by atoms with Gasteiger partial charge in [0.1, 0.15) is 11.7 Å². The number of nitrogens with zero attached hydrogens (tertiary/aromatic N) is 4. The van der Waals surface area contributed by atoms with Crippen LogP contribution < -0.4 is 4.74 Å². The van der Waals surface area contributed by atoms with Crippen molar-refractivity contribution in [2.24, 2.45) is 0 Å². The number of aromatic nitrogens is 2. The predicted molar refractivity (Wildman–Crippen MR) is 73.5 cm³/mol. The zero-order valence-corrected chi connectivity index (χ0v) is 12.8. The molecule has 21 heavy (non-hydrogen) atoms. The molecular formula is C14H18N4O3. The molecule has 112 valence electrons. The maximum Gasteiger partial charge on any atom is 0.411 e. The van der Waals surface area contributed by atoms with Gasteiger partial charge in [0.25, 0.3) is 0 Å². The molecule has 0 aromatic carbocycles. The molecule has 1 amide bonds. The standard InChI is InChI=1S/C14H18N4O3/c1-8-11-9(16-10(6-15)17-12(11)20-5)7-18(8)13(19)21-14(2,3)4/h8H,7H2,1-5H3. The van der Waals surface area contributed by atoms with E-state index in [2.05, 4.69) is 9.97 Å². The van der Waals surface area contributed by atoms with E-state index in [0.717, 1.165) is 5.56 Å². The lowest BCUT2D eigenvalue weighted by Gasteiger charge is -2.27. The summed E-state index contributed by atoms with van der Waals surface area (Å²) in [6, 6.07) is 1.63. The summed E-state index contributed by atoms with van der Waals surface area (Å²) in [7, 11) is 1.48. The quantitative estimate of drug-likeness (QED) is 0.787. The number of hydrogen-bond donors (Lipinski definition) is 0. The Bertz CT molecular complexity index is 616. The summed E-state index contributed by atoms with van der Waals surface area (Å²) in [5.41, 5.74) is 0.776. The summed E-state index contributed by atoms with van der Waals surface area (Å²) >= 11 is 0. The normalized spacial score (nSPS) is 17.1. The van der Waals surface area contributed by atoms with Gasteiger partial charge in [-0.3, -0.25) is 4.90 Å². The molecule has 1 unspecified atom stereocenters. The number of nitriles is 1. The van der Waals surface area contributed by atoms with E-state index in [9.17, 15) is 4.79 Å². The highest BCUT2D eigenvalue weighted by molar-refractivity contribution is 5.70. The fraction of sp³-hybridized carbons (Fsp3) is 0.571. The number of hydrogen-bond acceptors (Lipinski definition) is 6. The monoisotopic (exact) mass is 290 g/mol. The van der Waals surface area contributed by atoms with Crippen LogP contribution in [0.25, 0.3) is 0 Å². The third-order valence-corrected chi connectivity index (χ3v) is 3.12. The van der Waals surface area contributed by atoms with Crippen molar-refractivity contribution in [2.45, 2.75) is 45.9 Å². The lowest BCUT2D eigenvalue weighted by Crippen LogP contribution is -2.35. The number of methoxy groups -OCH3 is 1. The maximum absolute atomic E-state index is 12.2. The van der Waals surface area contributed by atoms with Gasteiger partial charge in [0.05, 0.1) is 31.0 Å². The van der Waals surface area contributed by atoms with Gasteiger partial charge in [-0.15, -0.1) is 0 Å². The number of carbonyl (C=O) groups is 1. The van der Waals surface area contributed by atoms with Crippen LogP contribution in [0.4, 0.5) is 4.79 Å². The van der Waals surface area contributed by atoms with Gasteiger partial charge in [-0.2, -0.15) is 10.2 Å². The SMILES string of the molecule is COc1nc(C#N)nc2c1C(C)N(C(=O)OC(C)(C)C)C2. The van der Waals surface area contributed by atoms with Crippen molar-refractivity contribution >= 4 is 6.09 Å². The first-order chi connectivity index (χ1) is 9.76. The molecule has 2 heterocycles. The lowest BCUT2D eigenvalue weighted by atomic mass is 10.1. The molecule has 0 spiro atoms. The van der Waals surface area contributed by atoms with Gasteiger partial charge < -0.3 is 9.47 Å². The van der Waals surface area contributed by atoms with Crippen LogP contribution in [0.5, 0.6) is 5.88 Å². The maximum atomic E-state index is 12.2. The van der Waals surface area contributed by atoms with Crippen molar-refractivity contribution in [3.05, 3.63) is 17.1 Å². The summed E-state index contributed by atoms with van der Waals surface area (Å²) in [6.07, 6.45) is -0.423. The minimum Gasteiger partial charge on any atom is -0.481 e. The van der Waals surface area contributed by atoms with Gasteiger partial charge in [0.15, 0.2) is 0 Å². The van der Waals surface area contributed by atoms with E-state index < -0.39 is 11.7 Å². The van der Waals surface area contributed by atoms with Gasteiger partial charge in [0.2, 0.25) is 11.7 Å². The number of rotatable bonds is 1. The smallest absolute Gasteiger partial charge is 0.411 e. The average molecular weight is 290 g/mol. The molecule has 7 nitrogen and oxygen atoms in total. The number of carbonyl (C=O) groups excluding carboxylic acids is 1. The van der Waals surface area contributed by atoms with Crippen molar-refractivity contribution in [2.75, 3.05) is 7.11 Å². The fourth-order valence-electron chi connectivity index (χ4n) is 2.24. The Morgan fingerprint density at radius 2 is 2.10 bits per heavy atom. The van der Waals surface area contributed by atoms with E-state index in [4.69, 9.17) is 14.7 Å². The topological polar surface area (TPSA) is 88.3 Å². The van der Waals surface area contributed by atoms with Crippen molar-refractivity contribution < 1.29 is 14.3 Å². The van der Waals surface area contributed by atoms with Crippen molar-refractivity contribution in [3.63, 3.8) is 0 Å². The first-order valence-corrected chi connectivity index (χ1v) is 6.61. The molecule has 0 bridgehead atoms. The van der Waals surface area contributed by atoms with Gasteiger partial charge in [-0.25, -0.2) is 9.78 Å². The van der Waals surface area contributed by atoms with Crippen molar-refractivity contribution in [3.8, 4) is 11.9 Å². The molecule has 0 saturated carbocycles. The molecule has 0 radical (unpaired) electrons. The van der Waals surface area contributed by atoms with Crippen LogP contribution in [-0.2, 0) is 11.3 Å². The Kier molecular flexibility index (Phi) is 3.73. The van der Waals surface area contributed by atoms with Crippen LogP contribution in [0, 0.1) is 11.3 Å². The lowest BCUT2D eigenvalue weighted by molar-refractivity contribution is 0.0185. The zero-order valence-electron chi connectivity index (χ0n) is 12.8. The number of ether oxygens (including phenoxy) is 2. The van der Waals surface area contributed by atoms with Gasteiger partial charge in [-0.05, 0) is 27.7 Å². The summed E-state index contributed by atoms with van der Waals surface area (Å²) in [4.78, 5) is 22.0. The minimum atomic E-state index is -0.570. The number of fused-ring (bicyclic) bond motifs is 1. The fourth-order valence-corrected chi connectivity index (χ4v) is 2.24. The Morgan fingerprint density at radius 1 is 1.43 bits per heavy atom. The highest BCUT2D eigenvalue weighted by Gasteiger charge is 2.37. The van der Waals surface area contributed by atoms with Crippen LogP contribution in [0.2, 0.25) is 0 Å². The van der Waals surface area contributed by atoms with Crippen LogP contribution >= 0.6 is 0 Å². The summed E-state index contributed by atoms with van der Waals surface area (Å²) in [5.74, 6) is 0.360. The Labute approximate surface area is 123 Å². The first-order valence-electron chi connectivity index (χ1n) is 6.61. The highest BCUT2D eigenvalue weighted by Crippen LogP contribution is 2.38. The Balaban J connectivity index is 2.34. The highest BCUT2D eigenvalue weighted by atomic mass is 16.6. The van der Waals surface area contributed by atoms with Crippen LogP contribution in [0.1, 0.15) is 50.8 Å². The van der Waals surface area contributed by atoms with E-state index in [1.165, 1.54) is 7.11 Å². The van der Waals surface area contributed by atoms with Crippen molar-refractivity contribution in [1.82, 2.24) is 14.9 Å².